The highest BCUT2D eigenvalue weighted by Crippen LogP contribution is 2.29. The first-order valence-corrected chi connectivity index (χ1v) is 11.3. The molecule has 0 bridgehead atoms. The molecule has 7 nitrogen and oxygen atoms in total. The second kappa shape index (κ2) is 9.98. The molecule has 2 heterocycles. The number of thioether (sulfide) groups is 1. The molecule has 1 atom stereocenters. The number of carbonyl (C=O) groups excluding carboxylic acids is 1. The molecule has 0 radical (unpaired) electrons. The first-order valence-electron chi connectivity index (χ1n) is 10.3. The highest BCUT2D eigenvalue weighted by Gasteiger charge is 2.19. The summed E-state index contributed by atoms with van der Waals surface area (Å²) < 4.78 is 12.8. The predicted molar refractivity (Wildman–Crippen MR) is 121 cm³/mol. The number of hydrogen-bond acceptors (Lipinski definition) is 6. The van der Waals surface area contributed by atoms with Crippen molar-refractivity contribution < 1.29 is 14.3 Å². The Morgan fingerprint density at radius 2 is 1.97 bits per heavy atom. The molecule has 0 aliphatic carbocycles. The Hall–Kier alpha value is -2.84. The van der Waals surface area contributed by atoms with E-state index in [0.29, 0.717) is 17.5 Å². The largest absolute Gasteiger partial charge is 0.497 e. The minimum absolute atomic E-state index is 0.0371. The predicted octanol–water partition coefficient (Wildman–Crippen LogP) is 3.64. The van der Waals surface area contributed by atoms with Crippen LogP contribution in [0.1, 0.15) is 18.4 Å². The Morgan fingerprint density at radius 1 is 1.19 bits per heavy atom. The Bertz CT molecular complexity index is 1010. The van der Waals surface area contributed by atoms with E-state index < -0.39 is 0 Å². The fraction of sp³-hybridized carbons (Fsp3) is 0.348. The molecule has 0 saturated carbocycles. The van der Waals surface area contributed by atoms with E-state index in [1.807, 2.05) is 47.9 Å². The number of nitrogens with one attached hydrogen (secondary N) is 1. The lowest BCUT2D eigenvalue weighted by Crippen LogP contribution is -2.32. The van der Waals surface area contributed by atoms with Crippen molar-refractivity contribution in [1.29, 1.82) is 0 Å². The van der Waals surface area contributed by atoms with Crippen molar-refractivity contribution in [2.75, 3.05) is 26.0 Å². The summed E-state index contributed by atoms with van der Waals surface area (Å²) in [7, 11) is 1.64. The molecule has 162 valence electrons. The van der Waals surface area contributed by atoms with E-state index in [1.54, 1.807) is 7.11 Å². The average Bonchev–Trinajstić information content (AvgIpc) is 3.47. The number of benzene rings is 2. The number of carbonyl (C=O) groups is 1. The zero-order valence-corrected chi connectivity index (χ0v) is 18.5. The van der Waals surface area contributed by atoms with E-state index in [0.717, 1.165) is 36.4 Å². The van der Waals surface area contributed by atoms with Gasteiger partial charge >= 0.3 is 0 Å². The number of hydrogen-bond donors (Lipinski definition) is 1. The van der Waals surface area contributed by atoms with Crippen LogP contribution in [0.3, 0.4) is 0 Å². The lowest BCUT2D eigenvalue weighted by molar-refractivity contribution is -0.119. The van der Waals surface area contributed by atoms with E-state index in [1.165, 1.54) is 17.3 Å². The smallest absolute Gasteiger partial charge is 0.230 e. The Morgan fingerprint density at radius 3 is 2.65 bits per heavy atom. The summed E-state index contributed by atoms with van der Waals surface area (Å²) >= 11 is 1.37. The molecule has 4 rings (SSSR count). The van der Waals surface area contributed by atoms with E-state index in [2.05, 4.69) is 27.6 Å². The van der Waals surface area contributed by atoms with Crippen LogP contribution in [0.15, 0.2) is 53.7 Å². The van der Waals surface area contributed by atoms with Gasteiger partial charge in [-0.2, -0.15) is 0 Å². The fourth-order valence-electron chi connectivity index (χ4n) is 3.43. The summed E-state index contributed by atoms with van der Waals surface area (Å²) in [5, 5.41) is 12.4. The van der Waals surface area contributed by atoms with Crippen LogP contribution in [-0.4, -0.2) is 52.8 Å². The van der Waals surface area contributed by atoms with Gasteiger partial charge in [-0.15, -0.1) is 10.2 Å². The normalized spacial score (nSPS) is 15.7. The Kier molecular flexibility index (Phi) is 6.89. The van der Waals surface area contributed by atoms with Crippen LogP contribution in [-0.2, 0) is 9.53 Å². The molecule has 0 unspecified atom stereocenters. The van der Waals surface area contributed by atoms with Crippen molar-refractivity contribution in [3.63, 3.8) is 0 Å². The van der Waals surface area contributed by atoms with Gasteiger partial charge in [0.2, 0.25) is 5.91 Å². The van der Waals surface area contributed by atoms with Crippen LogP contribution in [0.5, 0.6) is 5.75 Å². The van der Waals surface area contributed by atoms with Crippen molar-refractivity contribution in [3.8, 4) is 22.8 Å². The zero-order valence-electron chi connectivity index (χ0n) is 17.7. The van der Waals surface area contributed by atoms with Gasteiger partial charge in [-0.3, -0.25) is 9.36 Å². The Labute approximate surface area is 186 Å². The third-order valence-electron chi connectivity index (χ3n) is 5.16. The van der Waals surface area contributed by atoms with Crippen LogP contribution in [0, 0.1) is 6.92 Å². The first kappa shape index (κ1) is 21.4. The van der Waals surface area contributed by atoms with Crippen LogP contribution < -0.4 is 10.1 Å². The second-order valence-electron chi connectivity index (χ2n) is 7.43. The van der Waals surface area contributed by atoms with Gasteiger partial charge in [0, 0.05) is 24.4 Å². The summed E-state index contributed by atoms with van der Waals surface area (Å²) in [5.41, 5.74) is 3.04. The molecular formula is C23H26N4O3S. The van der Waals surface area contributed by atoms with Gasteiger partial charge in [0.15, 0.2) is 11.0 Å². The summed E-state index contributed by atoms with van der Waals surface area (Å²) in [6, 6.07) is 15.9. The fourth-order valence-corrected chi connectivity index (χ4v) is 4.21. The zero-order chi connectivity index (χ0) is 21.6. The molecule has 1 aromatic heterocycles. The maximum Gasteiger partial charge on any atom is 0.230 e. The highest BCUT2D eigenvalue weighted by atomic mass is 32.2. The summed E-state index contributed by atoms with van der Waals surface area (Å²) in [6.45, 7) is 3.39. The van der Waals surface area contributed by atoms with Crippen LogP contribution >= 0.6 is 11.8 Å². The van der Waals surface area contributed by atoms with E-state index in [-0.39, 0.29) is 17.8 Å². The van der Waals surface area contributed by atoms with Crippen LogP contribution in [0.25, 0.3) is 17.1 Å². The van der Waals surface area contributed by atoms with Gasteiger partial charge in [0.1, 0.15) is 5.75 Å². The number of aryl methyl sites for hydroxylation is 1. The van der Waals surface area contributed by atoms with E-state index >= 15 is 0 Å². The second-order valence-corrected chi connectivity index (χ2v) is 8.38. The molecule has 1 amide bonds. The molecule has 31 heavy (non-hydrogen) atoms. The van der Waals surface area contributed by atoms with E-state index in [4.69, 9.17) is 9.47 Å². The molecule has 2 aromatic carbocycles. The molecule has 1 aliphatic heterocycles. The quantitative estimate of drug-likeness (QED) is 0.541. The third-order valence-corrected chi connectivity index (χ3v) is 6.09. The number of nitrogens with zero attached hydrogens (tertiary/aromatic N) is 3. The molecule has 1 aliphatic rings. The van der Waals surface area contributed by atoms with Gasteiger partial charge in [0.05, 0.1) is 19.0 Å². The van der Waals surface area contributed by atoms with Gasteiger partial charge in [-0.05, 0) is 56.2 Å². The number of rotatable bonds is 8. The number of amides is 1. The maximum absolute atomic E-state index is 12.4. The third kappa shape index (κ3) is 5.26. The van der Waals surface area contributed by atoms with Crippen molar-refractivity contribution in [2.24, 2.45) is 0 Å². The van der Waals surface area contributed by atoms with Crippen molar-refractivity contribution in [3.05, 3.63) is 54.1 Å². The van der Waals surface area contributed by atoms with Crippen molar-refractivity contribution in [1.82, 2.24) is 20.1 Å². The molecule has 1 N–H and O–H groups in total. The summed E-state index contributed by atoms with van der Waals surface area (Å²) in [6.07, 6.45) is 2.19. The lowest BCUT2D eigenvalue weighted by atomic mass is 10.2. The van der Waals surface area contributed by atoms with Gasteiger partial charge < -0.3 is 14.8 Å². The number of aromatic nitrogens is 3. The molecule has 3 aromatic rings. The molecular weight excluding hydrogens is 412 g/mol. The SMILES string of the molecule is COc1ccc(-c2nnc(SCC(=O)NC[C@H]3CCCO3)n2-c2ccc(C)cc2)cc1. The number of ether oxygens (including phenoxy) is 2. The summed E-state index contributed by atoms with van der Waals surface area (Å²) in [4.78, 5) is 12.4. The first-order chi connectivity index (χ1) is 15.1. The maximum atomic E-state index is 12.4. The standard InChI is InChI=1S/C23H26N4O3S/c1-16-5-9-18(10-6-16)27-22(17-7-11-19(29-2)12-8-17)25-26-23(27)31-15-21(28)24-14-20-4-3-13-30-20/h5-12,20H,3-4,13-15H2,1-2H3,(H,24,28)/t20-/m1/s1. The highest BCUT2D eigenvalue weighted by molar-refractivity contribution is 7.99. The Balaban J connectivity index is 1.54. The monoisotopic (exact) mass is 438 g/mol. The van der Waals surface area contributed by atoms with E-state index in [9.17, 15) is 4.79 Å². The molecule has 8 heteroatoms. The molecule has 1 fully saturated rings. The average molecular weight is 439 g/mol. The molecule has 0 spiro atoms. The molecule has 1 saturated heterocycles. The topological polar surface area (TPSA) is 78.3 Å². The van der Waals surface area contributed by atoms with Crippen molar-refractivity contribution >= 4 is 17.7 Å². The van der Waals surface area contributed by atoms with Gasteiger partial charge in [0.25, 0.3) is 0 Å². The van der Waals surface area contributed by atoms with Crippen molar-refractivity contribution in [2.45, 2.75) is 31.0 Å². The number of methoxy groups -OCH3 is 1. The minimum Gasteiger partial charge on any atom is -0.497 e. The van der Waals surface area contributed by atoms with Gasteiger partial charge in [-0.25, -0.2) is 0 Å². The summed E-state index contributed by atoms with van der Waals surface area (Å²) in [5.74, 6) is 1.72. The lowest BCUT2D eigenvalue weighted by Gasteiger charge is -2.12. The van der Waals surface area contributed by atoms with Crippen LogP contribution in [0.4, 0.5) is 0 Å². The van der Waals surface area contributed by atoms with Gasteiger partial charge in [-0.1, -0.05) is 29.5 Å². The van der Waals surface area contributed by atoms with Crippen LogP contribution in [0.2, 0.25) is 0 Å². The minimum atomic E-state index is -0.0371.